The fourth-order valence-electron chi connectivity index (χ4n) is 2.54. The van der Waals surface area contributed by atoms with Crippen molar-refractivity contribution in [1.82, 2.24) is 4.90 Å². The molecule has 0 atom stereocenters. The van der Waals surface area contributed by atoms with Gasteiger partial charge in [-0.2, -0.15) is 0 Å². The van der Waals surface area contributed by atoms with Crippen LogP contribution in [0, 0.1) is 10.1 Å². The lowest BCUT2D eigenvalue weighted by atomic mass is 10.2. The molecule has 1 aliphatic heterocycles. The highest BCUT2D eigenvalue weighted by atomic mass is 35.5. The molecule has 0 radical (unpaired) electrons. The molecule has 0 aromatic heterocycles. The van der Waals surface area contributed by atoms with Gasteiger partial charge in [0, 0.05) is 19.2 Å². The van der Waals surface area contributed by atoms with Crippen LogP contribution in [0.15, 0.2) is 66.6 Å². The number of halogens is 1. The Morgan fingerprint density at radius 2 is 1.88 bits per heavy atom. The number of morpholine rings is 1. The van der Waals surface area contributed by atoms with E-state index in [-0.39, 0.29) is 23.8 Å². The molecule has 2 aromatic rings. The molecule has 0 bridgehead atoms. The van der Waals surface area contributed by atoms with Gasteiger partial charge in [0.15, 0.2) is 0 Å². The maximum absolute atomic E-state index is 11.0. The summed E-state index contributed by atoms with van der Waals surface area (Å²) in [6.07, 6.45) is 1.46. The molecule has 7 heteroatoms. The summed E-state index contributed by atoms with van der Waals surface area (Å²) in [5, 5.41) is 11.0. The third-order valence-corrected chi connectivity index (χ3v) is 3.70. The molecule has 1 saturated heterocycles. The second-order valence-electron chi connectivity index (χ2n) is 5.47. The minimum Gasteiger partial charge on any atom is -0.492 e. The Kier molecular flexibility index (Phi) is 6.80. The number of ether oxygens (including phenoxy) is 2. The molecule has 1 heterocycles. The van der Waals surface area contributed by atoms with Gasteiger partial charge in [-0.25, -0.2) is 0 Å². The summed E-state index contributed by atoms with van der Waals surface area (Å²) in [6.45, 7) is 2.83. The van der Waals surface area contributed by atoms with Crippen LogP contribution in [0.5, 0.6) is 5.75 Å². The van der Waals surface area contributed by atoms with Crippen LogP contribution in [0.2, 0.25) is 0 Å². The summed E-state index contributed by atoms with van der Waals surface area (Å²) < 4.78 is 11.1. The summed E-state index contributed by atoms with van der Waals surface area (Å²) in [5.41, 5.74) is 1.17. The van der Waals surface area contributed by atoms with Gasteiger partial charge in [-0.05, 0) is 11.6 Å². The Morgan fingerprint density at radius 1 is 1.16 bits per heavy atom. The van der Waals surface area contributed by atoms with E-state index < -0.39 is 4.92 Å². The standard InChI is InChI=1S/C18H18N2O4.ClH/c21-20(22)17-8-4-5-9-18(17)24-14-16-13-19(10-11-23-16)12-15-6-2-1-3-7-15;/h1-9,14H,10-13H2;1H. The summed E-state index contributed by atoms with van der Waals surface area (Å²) in [6, 6.07) is 16.5. The second-order valence-corrected chi connectivity index (χ2v) is 5.47. The number of para-hydroxylation sites is 2. The van der Waals surface area contributed by atoms with Crippen molar-refractivity contribution in [3.63, 3.8) is 0 Å². The SMILES string of the molecule is Cl.O=[N+]([O-])c1ccccc1OC=C1CN(Cc2ccccc2)CCO1. The highest BCUT2D eigenvalue weighted by molar-refractivity contribution is 5.85. The Bertz CT molecular complexity index is 737. The molecular formula is C18H19ClN2O4. The first-order chi connectivity index (χ1) is 11.7. The molecule has 0 unspecified atom stereocenters. The normalized spacial score (nSPS) is 15.9. The number of nitrogens with zero attached hydrogens (tertiary/aromatic N) is 2. The summed E-state index contributed by atoms with van der Waals surface area (Å²) >= 11 is 0. The van der Waals surface area contributed by atoms with Crippen LogP contribution in [0.4, 0.5) is 5.69 Å². The zero-order valence-corrected chi connectivity index (χ0v) is 14.4. The van der Waals surface area contributed by atoms with E-state index in [4.69, 9.17) is 9.47 Å². The fourth-order valence-corrected chi connectivity index (χ4v) is 2.54. The molecule has 0 spiro atoms. The molecule has 1 aliphatic rings. The maximum Gasteiger partial charge on any atom is 0.311 e. The zero-order valence-electron chi connectivity index (χ0n) is 13.5. The average molecular weight is 363 g/mol. The van der Waals surface area contributed by atoms with E-state index in [9.17, 15) is 10.1 Å². The van der Waals surface area contributed by atoms with Crippen molar-refractivity contribution < 1.29 is 14.4 Å². The molecular weight excluding hydrogens is 344 g/mol. The monoisotopic (exact) mass is 362 g/mol. The highest BCUT2D eigenvalue weighted by Crippen LogP contribution is 2.26. The molecule has 25 heavy (non-hydrogen) atoms. The molecule has 3 rings (SSSR count). The molecule has 0 amide bonds. The van der Waals surface area contributed by atoms with E-state index >= 15 is 0 Å². The molecule has 0 saturated carbocycles. The van der Waals surface area contributed by atoms with Crippen molar-refractivity contribution in [3.05, 3.63) is 82.3 Å². The minimum atomic E-state index is -0.461. The number of nitro groups is 1. The zero-order chi connectivity index (χ0) is 16.8. The molecule has 0 N–H and O–H groups in total. The van der Waals surface area contributed by atoms with Crippen molar-refractivity contribution in [1.29, 1.82) is 0 Å². The molecule has 2 aromatic carbocycles. The Labute approximate surface area is 152 Å². The van der Waals surface area contributed by atoms with Gasteiger partial charge in [0.1, 0.15) is 18.6 Å². The van der Waals surface area contributed by atoms with E-state index in [0.29, 0.717) is 18.9 Å². The molecule has 1 fully saturated rings. The van der Waals surface area contributed by atoms with Gasteiger partial charge < -0.3 is 9.47 Å². The van der Waals surface area contributed by atoms with Gasteiger partial charge in [-0.15, -0.1) is 12.4 Å². The third-order valence-electron chi connectivity index (χ3n) is 3.70. The number of nitro benzene ring substituents is 1. The quantitative estimate of drug-likeness (QED) is 0.460. The Morgan fingerprint density at radius 3 is 2.64 bits per heavy atom. The van der Waals surface area contributed by atoms with Gasteiger partial charge in [-0.3, -0.25) is 15.0 Å². The number of hydrogen-bond acceptors (Lipinski definition) is 5. The fraction of sp³-hybridized carbons (Fsp3) is 0.222. The lowest BCUT2D eigenvalue weighted by Gasteiger charge is -2.28. The van der Waals surface area contributed by atoms with Crippen molar-refractivity contribution >= 4 is 18.1 Å². The van der Waals surface area contributed by atoms with E-state index in [1.807, 2.05) is 18.2 Å². The smallest absolute Gasteiger partial charge is 0.311 e. The van der Waals surface area contributed by atoms with Gasteiger partial charge in [-0.1, -0.05) is 42.5 Å². The van der Waals surface area contributed by atoms with E-state index in [1.165, 1.54) is 17.9 Å². The first kappa shape index (κ1) is 18.8. The van der Waals surface area contributed by atoms with Crippen LogP contribution in [0.3, 0.4) is 0 Å². The summed E-state index contributed by atoms with van der Waals surface area (Å²) in [7, 11) is 0. The van der Waals surface area contributed by atoms with Crippen molar-refractivity contribution in [2.75, 3.05) is 19.7 Å². The average Bonchev–Trinajstić information content (AvgIpc) is 2.61. The van der Waals surface area contributed by atoms with Gasteiger partial charge >= 0.3 is 5.69 Å². The Hall–Kier alpha value is -2.57. The predicted molar refractivity (Wildman–Crippen MR) is 96.7 cm³/mol. The number of rotatable bonds is 5. The molecule has 132 valence electrons. The van der Waals surface area contributed by atoms with Crippen molar-refractivity contribution in [2.24, 2.45) is 0 Å². The van der Waals surface area contributed by atoms with Gasteiger partial charge in [0.05, 0.1) is 11.5 Å². The van der Waals surface area contributed by atoms with Crippen LogP contribution in [0.25, 0.3) is 0 Å². The predicted octanol–water partition coefficient (Wildman–Crippen LogP) is 3.77. The van der Waals surface area contributed by atoms with Crippen LogP contribution in [-0.4, -0.2) is 29.5 Å². The molecule has 0 aliphatic carbocycles. The van der Waals surface area contributed by atoms with E-state index in [2.05, 4.69) is 17.0 Å². The lowest BCUT2D eigenvalue weighted by Crippen LogP contribution is -2.34. The maximum atomic E-state index is 11.0. The van der Waals surface area contributed by atoms with E-state index in [0.717, 1.165) is 13.1 Å². The van der Waals surface area contributed by atoms with Crippen LogP contribution in [-0.2, 0) is 11.3 Å². The number of hydrogen-bond donors (Lipinski definition) is 0. The van der Waals surface area contributed by atoms with Gasteiger partial charge in [0.2, 0.25) is 5.75 Å². The first-order valence-electron chi connectivity index (χ1n) is 7.70. The van der Waals surface area contributed by atoms with Crippen LogP contribution in [0.1, 0.15) is 5.56 Å². The minimum absolute atomic E-state index is 0. The third kappa shape index (κ3) is 5.20. The van der Waals surface area contributed by atoms with Crippen molar-refractivity contribution in [2.45, 2.75) is 6.54 Å². The summed E-state index contributed by atoms with van der Waals surface area (Å²) in [5.74, 6) is 0.870. The van der Waals surface area contributed by atoms with Crippen LogP contribution >= 0.6 is 12.4 Å². The van der Waals surface area contributed by atoms with E-state index in [1.54, 1.807) is 18.2 Å². The lowest BCUT2D eigenvalue weighted by molar-refractivity contribution is -0.385. The molecule has 6 nitrogen and oxygen atoms in total. The largest absolute Gasteiger partial charge is 0.492 e. The highest BCUT2D eigenvalue weighted by Gasteiger charge is 2.17. The topological polar surface area (TPSA) is 64.8 Å². The van der Waals surface area contributed by atoms with Crippen LogP contribution < -0.4 is 4.74 Å². The summed E-state index contributed by atoms with van der Waals surface area (Å²) in [4.78, 5) is 12.8. The second kappa shape index (κ2) is 9.05. The van der Waals surface area contributed by atoms with Crippen molar-refractivity contribution in [3.8, 4) is 5.75 Å². The number of benzene rings is 2. The first-order valence-corrected chi connectivity index (χ1v) is 7.70. The Balaban J connectivity index is 0.00000225. The van der Waals surface area contributed by atoms with Gasteiger partial charge in [0.25, 0.3) is 0 Å².